The third-order valence-corrected chi connectivity index (χ3v) is 3.99. The van der Waals surface area contributed by atoms with Gasteiger partial charge in [0.2, 0.25) is 6.10 Å². The summed E-state index contributed by atoms with van der Waals surface area (Å²) in [5.41, 5.74) is 0.850. The van der Waals surface area contributed by atoms with E-state index in [0.29, 0.717) is 11.5 Å². The molecule has 5 nitrogen and oxygen atoms in total. The van der Waals surface area contributed by atoms with Crippen LogP contribution in [0.2, 0.25) is 0 Å². The van der Waals surface area contributed by atoms with E-state index >= 15 is 0 Å². The lowest BCUT2D eigenvalue weighted by atomic mass is 10.2. The minimum atomic E-state index is -0.758. The minimum absolute atomic E-state index is 0.141. The zero-order chi connectivity index (χ0) is 16.2. The summed E-state index contributed by atoms with van der Waals surface area (Å²) in [5, 5.41) is 0. The molecular formula is C17H15BrO5. The Morgan fingerprint density at radius 3 is 2.78 bits per heavy atom. The lowest BCUT2D eigenvalue weighted by Crippen LogP contribution is -2.37. The molecule has 0 fully saturated rings. The first-order valence-electron chi connectivity index (χ1n) is 7.05. The summed E-state index contributed by atoms with van der Waals surface area (Å²) in [6.07, 6.45) is -0.758. The Hall–Kier alpha value is -2.21. The molecule has 3 rings (SSSR count). The molecule has 0 radical (unpaired) electrons. The minimum Gasteiger partial charge on any atom is -0.496 e. The Morgan fingerprint density at radius 1 is 1.26 bits per heavy atom. The van der Waals surface area contributed by atoms with E-state index < -0.39 is 12.1 Å². The fourth-order valence-electron chi connectivity index (χ4n) is 2.18. The molecule has 120 valence electrons. The molecule has 2 aromatic rings. The highest BCUT2D eigenvalue weighted by Gasteiger charge is 2.28. The van der Waals surface area contributed by atoms with Crippen LogP contribution in [0, 0.1) is 0 Å². The van der Waals surface area contributed by atoms with E-state index in [4.69, 9.17) is 18.9 Å². The average Bonchev–Trinajstić information content (AvgIpc) is 2.59. The Balaban J connectivity index is 1.59. The van der Waals surface area contributed by atoms with Crippen molar-refractivity contribution in [2.75, 3.05) is 13.7 Å². The smallest absolute Gasteiger partial charge is 0.351 e. The maximum absolute atomic E-state index is 12.1. The van der Waals surface area contributed by atoms with Crippen molar-refractivity contribution in [3.05, 3.63) is 52.5 Å². The number of hydrogen-bond acceptors (Lipinski definition) is 5. The number of benzene rings is 2. The third kappa shape index (κ3) is 3.59. The lowest BCUT2D eigenvalue weighted by molar-refractivity contribution is -0.155. The number of fused-ring (bicyclic) bond motifs is 1. The van der Waals surface area contributed by atoms with Crippen molar-refractivity contribution in [2.45, 2.75) is 12.7 Å². The topological polar surface area (TPSA) is 54.0 Å². The van der Waals surface area contributed by atoms with E-state index in [-0.39, 0.29) is 13.2 Å². The van der Waals surface area contributed by atoms with E-state index in [0.717, 1.165) is 15.8 Å². The lowest BCUT2D eigenvalue weighted by Gasteiger charge is -2.24. The normalized spacial score (nSPS) is 15.8. The van der Waals surface area contributed by atoms with Gasteiger partial charge >= 0.3 is 5.97 Å². The quantitative estimate of drug-likeness (QED) is 0.763. The van der Waals surface area contributed by atoms with Crippen molar-refractivity contribution >= 4 is 21.9 Å². The van der Waals surface area contributed by atoms with Gasteiger partial charge < -0.3 is 18.9 Å². The Morgan fingerprint density at radius 2 is 2.04 bits per heavy atom. The summed E-state index contributed by atoms with van der Waals surface area (Å²) in [7, 11) is 1.60. The molecule has 23 heavy (non-hydrogen) atoms. The van der Waals surface area contributed by atoms with Gasteiger partial charge in [-0.05, 0) is 45.8 Å². The fourth-order valence-corrected chi connectivity index (χ4v) is 2.77. The Kier molecular flexibility index (Phi) is 4.71. The van der Waals surface area contributed by atoms with Gasteiger partial charge in [0.05, 0.1) is 11.6 Å². The zero-order valence-corrected chi connectivity index (χ0v) is 14.0. The van der Waals surface area contributed by atoms with Crippen molar-refractivity contribution < 1.29 is 23.7 Å². The van der Waals surface area contributed by atoms with E-state index in [2.05, 4.69) is 15.9 Å². The number of carbonyl (C=O) groups excluding carboxylic acids is 1. The van der Waals surface area contributed by atoms with Gasteiger partial charge in [0, 0.05) is 0 Å². The number of methoxy groups -OCH3 is 1. The van der Waals surface area contributed by atoms with Crippen LogP contribution in [0.3, 0.4) is 0 Å². The summed E-state index contributed by atoms with van der Waals surface area (Å²) < 4.78 is 22.4. The van der Waals surface area contributed by atoms with Gasteiger partial charge in [-0.25, -0.2) is 4.79 Å². The first-order valence-corrected chi connectivity index (χ1v) is 7.84. The molecule has 0 aromatic heterocycles. The number of esters is 1. The second-order valence-corrected chi connectivity index (χ2v) is 5.80. The summed E-state index contributed by atoms with van der Waals surface area (Å²) in [6, 6.07) is 12.7. The molecule has 0 spiro atoms. The summed E-state index contributed by atoms with van der Waals surface area (Å²) in [4.78, 5) is 12.1. The van der Waals surface area contributed by atoms with E-state index in [9.17, 15) is 4.79 Å². The third-order valence-electron chi connectivity index (χ3n) is 3.37. The van der Waals surface area contributed by atoms with Crippen LogP contribution < -0.4 is 14.2 Å². The van der Waals surface area contributed by atoms with Crippen molar-refractivity contribution in [1.82, 2.24) is 0 Å². The number of halogens is 1. The van der Waals surface area contributed by atoms with Crippen LogP contribution in [0.5, 0.6) is 17.2 Å². The van der Waals surface area contributed by atoms with Gasteiger partial charge in [-0.15, -0.1) is 0 Å². The molecule has 2 aromatic carbocycles. The molecule has 1 heterocycles. The number of para-hydroxylation sites is 2. The van der Waals surface area contributed by atoms with Gasteiger partial charge in [0.15, 0.2) is 11.5 Å². The van der Waals surface area contributed by atoms with E-state index in [1.165, 1.54) is 0 Å². The Labute approximate surface area is 142 Å². The maximum Gasteiger partial charge on any atom is 0.351 e. The van der Waals surface area contributed by atoms with Crippen molar-refractivity contribution in [2.24, 2.45) is 0 Å². The van der Waals surface area contributed by atoms with Crippen LogP contribution in [0.25, 0.3) is 0 Å². The number of hydrogen-bond donors (Lipinski definition) is 0. The van der Waals surface area contributed by atoms with Crippen molar-refractivity contribution in [3.63, 3.8) is 0 Å². The molecule has 0 saturated carbocycles. The highest BCUT2D eigenvalue weighted by Crippen LogP contribution is 2.31. The molecule has 0 unspecified atom stereocenters. The first kappa shape index (κ1) is 15.7. The van der Waals surface area contributed by atoms with Gasteiger partial charge in [0.1, 0.15) is 19.0 Å². The molecule has 1 aliphatic rings. The molecule has 1 aliphatic heterocycles. The largest absolute Gasteiger partial charge is 0.496 e. The van der Waals surface area contributed by atoms with Crippen LogP contribution in [0.15, 0.2) is 46.9 Å². The second kappa shape index (κ2) is 6.91. The van der Waals surface area contributed by atoms with Gasteiger partial charge in [-0.1, -0.05) is 18.2 Å². The number of ether oxygens (including phenoxy) is 4. The number of carbonyl (C=O) groups is 1. The molecule has 0 bridgehead atoms. The fraction of sp³-hybridized carbons (Fsp3) is 0.235. The first-order chi connectivity index (χ1) is 11.2. The van der Waals surface area contributed by atoms with Crippen LogP contribution in [0.4, 0.5) is 0 Å². The van der Waals surface area contributed by atoms with Gasteiger partial charge in [-0.2, -0.15) is 0 Å². The molecule has 6 heteroatoms. The Bertz CT molecular complexity index is 716. The highest BCUT2D eigenvalue weighted by atomic mass is 79.9. The van der Waals surface area contributed by atoms with Gasteiger partial charge in [0.25, 0.3) is 0 Å². The molecular weight excluding hydrogens is 364 g/mol. The standard InChI is InChI=1S/C17H15BrO5/c1-20-13-7-6-11(8-12(13)18)9-22-17(19)16-10-21-14-4-2-3-5-15(14)23-16/h2-8,16H,9-10H2,1H3/t16-/m1/s1. The van der Waals surface area contributed by atoms with Crippen LogP contribution in [0.1, 0.15) is 5.56 Å². The summed E-state index contributed by atoms with van der Waals surface area (Å²) >= 11 is 3.40. The molecule has 0 aliphatic carbocycles. The van der Waals surface area contributed by atoms with E-state index in [1.807, 2.05) is 30.3 Å². The van der Waals surface area contributed by atoms with Crippen LogP contribution in [-0.4, -0.2) is 25.8 Å². The zero-order valence-electron chi connectivity index (χ0n) is 12.5. The van der Waals surface area contributed by atoms with Crippen LogP contribution in [-0.2, 0) is 16.1 Å². The second-order valence-electron chi connectivity index (χ2n) is 4.94. The predicted molar refractivity (Wildman–Crippen MR) is 86.8 cm³/mol. The van der Waals surface area contributed by atoms with E-state index in [1.54, 1.807) is 19.2 Å². The van der Waals surface area contributed by atoms with Crippen molar-refractivity contribution in [1.29, 1.82) is 0 Å². The van der Waals surface area contributed by atoms with Crippen molar-refractivity contribution in [3.8, 4) is 17.2 Å². The van der Waals surface area contributed by atoms with Gasteiger partial charge in [-0.3, -0.25) is 0 Å². The maximum atomic E-state index is 12.1. The average molecular weight is 379 g/mol. The SMILES string of the molecule is COc1ccc(COC(=O)[C@H]2COc3ccccc3O2)cc1Br. The monoisotopic (exact) mass is 378 g/mol. The predicted octanol–water partition coefficient (Wildman–Crippen LogP) is 3.34. The highest BCUT2D eigenvalue weighted by molar-refractivity contribution is 9.10. The summed E-state index contributed by atoms with van der Waals surface area (Å²) in [6.45, 7) is 0.297. The number of rotatable bonds is 4. The van der Waals surface area contributed by atoms with Crippen LogP contribution >= 0.6 is 15.9 Å². The molecule has 0 N–H and O–H groups in total. The molecule has 1 atom stereocenters. The molecule has 0 saturated heterocycles. The summed E-state index contributed by atoms with van der Waals surface area (Å²) in [5.74, 6) is 1.45. The molecule has 0 amide bonds.